The van der Waals surface area contributed by atoms with Crippen molar-refractivity contribution in [3.63, 3.8) is 0 Å². The lowest BCUT2D eigenvalue weighted by Gasteiger charge is -2.19. The van der Waals surface area contributed by atoms with Crippen LogP contribution in [0.15, 0.2) is 127 Å². The average molecular weight is 449 g/mol. The maximum absolute atomic E-state index is 2.41. The van der Waals surface area contributed by atoms with E-state index < -0.39 is 0 Å². The number of para-hydroxylation sites is 1. The molecular weight excluding hydrogens is 424 g/mol. The lowest BCUT2D eigenvalue weighted by molar-refractivity contribution is 1.18. The lowest BCUT2D eigenvalue weighted by Crippen LogP contribution is -2.08. The molecule has 0 amide bonds. The molecule has 7 aromatic rings. The minimum Gasteiger partial charge on any atom is -0.345 e. The summed E-state index contributed by atoms with van der Waals surface area (Å²) >= 11 is 0. The summed E-state index contributed by atoms with van der Waals surface area (Å²) in [7, 11) is 2.14. The van der Waals surface area contributed by atoms with Gasteiger partial charge in [0.05, 0.1) is 11.0 Å². The van der Waals surface area contributed by atoms with E-state index in [4.69, 9.17) is 0 Å². The minimum absolute atomic E-state index is 1.18. The van der Waals surface area contributed by atoms with Crippen LogP contribution in [0.2, 0.25) is 0 Å². The molecule has 0 saturated heterocycles. The Kier molecular flexibility index (Phi) is 4.40. The quantitative estimate of drug-likeness (QED) is 0.262. The highest BCUT2D eigenvalue weighted by molar-refractivity contribution is 6.22. The summed E-state index contributed by atoms with van der Waals surface area (Å²) in [5, 5.41) is 7.63. The van der Waals surface area contributed by atoms with Crippen molar-refractivity contribution in [2.75, 3.05) is 11.9 Å². The fourth-order valence-corrected chi connectivity index (χ4v) is 5.38. The summed E-state index contributed by atoms with van der Waals surface area (Å²) in [6.45, 7) is 0. The minimum atomic E-state index is 1.18. The molecule has 6 aromatic carbocycles. The molecule has 0 spiro atoms. The fraction of sp³-hybridized carbons (Fsp3) is 0.0303. The molecule has 1 aromatic heterocycles. The Morgan fingerprint density at radius 3 is 2.03 bits per heavy atom. The van der Waals surface area contributed by atoms with Gasteiger partial charge in [-0.25, -0.2) is 0 Å². The third-order valence-electron chi connectivity index (χ3n) is 7.16. The highest BCUT2D eigenvalue weighted by atomic mass is 15.1. The molecule has 0 atom stereocenters. The molecule has 0 aliphatic rings. The smallest absolute Gasteiger partial charge is 0.0547 e. The number of fused-ring (bicyclic) bond motifs is 6. The zero-order valence-electron chi connectivity index (χ0n) is 19.5. The van der Waals surface area contributed by atoms with Gasteiger partial charge in [0, 0.05) is 34.9 Å². The number of rotatable bonds is 3. The van der Waals surface area contributed by atoms with E-state index in [1.807, 2.05) is 0 Å². The molecule has 0 fully saturated rings. The van der Waals surface area contributed by atoms with E-state index in [1.54, 1.807) is 0 Å². The molecular formula is C33H24N2. The van der Waals surface area contributed by atoms with Crippen molar-refractivity contribution < 1.29 is 0 Å². The molecule has 0 N–H and O–H groups in total. The first-order chi connectivity index (χ1) is 17.3. The molecule has 166 valence electrons. The SMILES string of the molecule is CN(c1ccccc1)c1ccc2c(c1)c1c3ccccc3ccc1n2-c1ccc2ccccc2c1. The van der Waals surface area contributed by atoms with Crippen molar-refractivity contribution in [3.8, 4) is 5.69 Å². The van der Waals surface area contributed by atoms with Gasteiger partial charge in [0.1, 0.15) is 0 Å². The van der Waals surface area contributed by atoms with Gasteiger partial charge >= 0.3 is 0 Å². The highest BCUT2D eigenvalue weighted by Crippen LogP contribution is 2.39. The summed E-state index contributed by atoms with van der Waals surface area (Å²) in [5.74, 6) is 0. The van der Waals surface area contributed by atoms with Crippen molar-refractivity contribution in [1.82, 2.24) is 4.57 Å². The van der Waals surface area contributed by atoms with E-state index in [-0.39, 0.29) is 0 Å². The van der Waals surface area contributed by atoms with Crippen LogP contribution in [0.5, 0.6) is 0 Å². The van der Waals surface area contributed by atoms with Crippen LogP contribution in [-0.4, -0.2) is 11.6 Å². The van der Waals surface area contributed by atoms with Gasteiger partial charge in [0.15, 0.2) is 0 Å². The van der Waals surface area contributed by atoms with Gasteiger partial charge in [-0.05, 0) is 70.1 Å². The molecule has 0 aliphatic heterocycles. The van der Waals surface area contributed by atoms with Crippen molar-refractivity contribution in [3.05, 3.63) is 127 Å². The summed E-state index contributed by atoms with van der Waals surface area (Å²) in [6, 6.07) is 45.9. The predicted molar refractivity (Wildman–Crippen MR) is 150 cm³/mol. The number of hydrogen-bond donors (Lipinski definition) is 0. The van der Waals surface area contributed by atoms with E-state index in [1.165, 1.54) is 60.4 Å². The van der Waals surface area contributed by atoms with Crippen molar-refractivity contribution in [2.45, 2.75) is 0 Å². The molecule has 0 radical (unpaired) electrons. The third kappa shape index (κ3) is 3.11. The largest absolute Gasteiger partial charge is 0.345 e. The summed E-state index contributed by atoms with van der Waals surface area (Å²) < 4.78 is 2.41. The summed E-state index contributed by atoms with van der Waals surface area (Å²) in [5.41, 5.74) is 5.98. The van der Waals surface area contributed by atoms with Crippen LogP contribution in [0.3, 0.4) is 0 Å². The van der Waals surface area contributed by atoms with Crippen molar-refractivity contribution in [2.24, 2.45) is 0 Å². The van der Waals surface area contributed by atoms with Gasteiger partial charge < -0.3 is 9.47 Å². The number of aromatic nitrogens is 1. The first-order valence-electron chi connectivity index (χ1n) is 12.0. The zero-order valence-corrected chi connectivity index (χ0v) is 19.5. The average Bonchev–Trinajstić information content (AvgIpc) is 3.27. The zero-order chi connectivity index (χ0) is 23.4. The first-order valence-corrected chi connectivity index (χ1v) is 12.0. The van der Waals surface area contributed by atoms with Crippen LogP contribution < -0.4 is 4.90 Å². The van der Waals surface area contributed by atoms with Crippen LogP contribution >= 0.6 is 0 Å². The van der Waals surface area contributed by atoms with E-state index in [9.17, 15) is 0 Å². The topological polar surface area (TPSA) is 8.17 Å². The van der Waals surface area contributed by atoms with Crippen LogP contribution in [0, 0.1) is 0 Å². The van der Waals surface area contributed by atoms with E-state index in [0.29, 0.717) is 0 Å². The molecule has 0 aliphatic carbocycles. The van der Waals surface area contributed by atoms with Gasteiger partial charge in [-0.1, -0.05) is 78.9 Å². The molecule has 0 bridgehead atoms. The number of anilines is 2. The lowest BCUT2D eigenvalue weighted by atomic mass is 10.0. The number of nitrogens with zero attached hydrogens (tertiary/aromatic N) is 2. The van der Waals surface area contributed by atoms with Gasteiger partial charge in [-0.3, -0.25) is 0 Å². The summed E-state index contributed by atoms with van der Waals surface area (Å²) in [4.78, 5) is 2.25. The van der Waals surface area contributed by atoms with Crippen LogP contribution in [0.4, 0.5) is 11.4 Å². The van der Waals surface area contributed by atoms with Gasteiger partial charge in [0.25, 0.3) is 0 Å². The number of benzene rings is 6. The van der Waals surface area contributed by atoms with Crippen LogP contribution in [-0.2, 0) is 0 Å². The Morgan fingerprint density at radius 1 is 0.486 bits per heavy atom. The molecule has 0 unspecified atom stereocenters. The fourth-order valence-electron chi connectivity index (χ4n) is 5.38. The Balaban J connectivity index is 1.56. The highest BCUT2D eigenvalue weighted by Gasteiger charge is 2.16. The standard InChI is InChI=1S/C33H24N2/c1-34(26-12-3-2-4-13-26)27-18-20-31-30(22-27)33-29-14-8-7-10-24(29)16-19-32(33)35(31)28-17-15-23-9-5-6-11-25(23)21-28/h2-22H,1H3. The van der Waals surface area contributed by atoms with E-state index in [2.05, 4.69) is 144 Å². The van der Waals surface area contributed by atoms with E-state index in [0.717, 1.165) is 0 Å². The number of hydrogen-bond acceptors (Lipinski definition) is 1. The molecule has 2 nitrogen and oxygen atoms in total. The van der Waals surface area contributed by atoms with Gasteiger partial charge in [-0.2, -0.15) is 0 Å². The maximum atomic E-state index is 2.41. The third-order valence-corrected chi connectivity index (χ3v) is 7.16. The maximum Gasteiger partial charge on any atom is 0.0547 e. The second-order valence-corrected chi connectivity index (χ2v) is 9.14. The van der Waals surface area contributed by atoms with Gasteiger partial charge in [0.2, 0.25) is 0 Å². The predicted octanol–water partition coefficient (Wildman–Crippen LogP) is 8.86. The Labute approximate surface area is 204 Å². The molecule has 1 heterocycles. The van der Waals surface area contributed by atoms with Crippen LogP contribution in [0.25, 0.3) is 49.0 Å². The molecule has 0 saturated carbocycles. The molecule has 35 heavy (non-hydrogen) atoms. The van der Waals surface area contributed by atoms with Crippen molar-refractivity contribution in [1.29, 1.82) is 0 Å². The van der Waals surface area contributed by atoms with Crippen LogP contribution in [0.1, 0.15) is 0 Å². The normalized spacial score (nSPS) is 11.6. The van der Waals surface area contributed by atoms with E-state index >= 15 is 0 Å². The Bertz CT molecular complexity index is 1860. The Morgan fingerprint density at radius 2 is 1.17 bits per heavy atom. The molecule has 7 rings (SSSR count). The second-order valence-electron chi connectivity index (χ2n) is 9.14. The Hall–Kier alpha value is -4.56. The summed E-state index contributed by atoms with van der Waals surface area (Å²) in [6.07, 6.45) is 0. The van der Waals surface area contributed by atoms with Gasteiger partial charge in [-0.15, -0.1) is 0 Å². The first kappa shape index (κ1) is 19.9. The van der Waals surface area contributed by atoms with Crippen molar-refractivity contribution >= 4 is 54.7 Å². The molecule has 2 heteroatoms. The monoisotopic (exact) mass is 448 g/mol. The second kappa shape index (κ2) is 7.75.